The highest BCUT2D eigenvalue weighted by molar-refractivity contribution is 4.73. The number of rotatable bonds is 7. The van der Waals surface area contributed by atoms with Crippen molar-refractivity contribution in [1.29, 1.82) is 0 Å². The molecule has 0 spiro atoms. The maximum absolute atomic E-state index is 12.3. The zero-order chi connectivity index (χ0) is 12.8. The van der Waals surface area contributed by atoms with E-state index in [2.05, 4.69) is 0 Å². The van der Waals surface area contributed by atoms with Gasteiger partial charge in [-0.3, -0.25) is 4.90 Å². The summed E-state index contributed by atoms with van der Waals surface area (Å²) in [6.07, 6.45) is -7.25. The van der Waals surface area contributed by atoms with E-state index in [1.165, 1.54) is 0 Å². The van der Waals surface area contributed by atoms with E-state index in [-0.39, 0.29) is 6.54 Å². The molecule has 0 aliphatic heterocycles. The first-order valence-corrected chi connectivity index (χ1v) is 4.69. The molecule has 0 aliphatic rings. The number of hydrogen-bond acceptors (Lipinski definition) is 3. The van der Waals surface area contributed by atoms with Gasteiger partial charge in [-0.15, -0.1) is 0 Å². The predicted octanol–water partition coefficient (Wildman–Crippen LogP) is 0.683. The summed E-state index contributed by atoms with van der Waals surface area (Å²) in [5, 5.41) is 8.54. The Bertz CT molecular complexity index is 188. The van der Waals surface area contributed by atoms with Crippen molar-refractivity contribution in [2.24, 2.45) is 11.7 Å². The molecule has 0 aromatic rings. The fraction of sp³-hybridized carbons (Fsp3) is 1.00. The predicted molar refractivity (Wildman–Crippen MR) is 48.1 cm³/mol. The molecular formula is C8H15F5N2O. The summed E-state index contributed by atoms with van der Waals surface area (Å²) >= 11 is 0. The monoisotopic (exact) mass is 250 g/mol. The second-order valence-corrected chi connectivity index (χ2v) is 3.35. The van der Waals surface area contributed by atoms with Crippen LogP contribution in [0.3, 0.4) is 0 Å². The van der Waals surface area contributed by atoms with Crippen molar-refractivity contribution in [3.63, 3.8) is 0 Å². The largest absolute Gasteiger partial charge is 0.395 e. The van der Waals surface area contributed by atoms with E-state index >= 15 is 0 Å². The fourth-order valence-corrected chi connectivity index (χ4v) is 1.22. The zero-order valence-corrected chi connectivity index (χ0v) is 8.55. The van der Waals surface area contributed by atoms with Gasteiger partial charge in [0.15, 0.2) is 0 Å². The third-order valence-electron chi connectivity index (χ3n) is 2.04. The number of alkyl halides is 5. The normalized spacial score (nSPS) is 14.8. The highest BCUT2D eigenvalue weighted by Crippen LogP contribution is 2.26. The van der Waals surface area contributed by atoms with Gasteiger partial charge in [0.2, 0.25) is 0 Å². The lowest BCUT2D eigenvalue weighted by atomic mass is 10.1. The second kappa shape index (κ2) is 6.97. The molecule has 0 amide bonds. The molecule has 0 radical (unpaired) electrons. The maximum atomic E-state index is 12.3. The molecular weight excluding hydrogens is 235 g/mol. The van der Waals surface area contributed by atoms with Gasteiger partial charge in [0.25, 0.3) is 6.43 Å². The molecule has 0 rings (SSSR count). The molecule has 8 heteroatoms. The quantitative estimate of drug-likeness (QED) is 0.653. The maximum Gasteiger partial charge on any atom is 0.394 e. The average Bonchev–Trinajstić information content (AvgIpc) is 2.11. The van der Waals surface area contributed by atoms with Gasteiger partial charge in [0.05, 0.1) is 19.1 Å². The van der Waals surface area contributed by atoms with Gasteiger partial charge in [-0.2, -0.15) is 13.2 Å². The number of hydrogen-bond donors (Lipinski definition) is 2. The molecule has 0 aliphatic carbocycles. The molecule has 1 atom stereocenters. The summed E-state index contributed by atoms with van der Waals surface area (Å²) in [6, 6.07) is 0. The van der Waals surface area contributed by atoms with Crippen LogP contribution in [0.4, 0.5) is 22.0 Å². The third-order valence-corrected chi connectivity index (χ3v) is 2.04. The molecule has 0 bridgehead atoms. The number of nitrogens with two attached hydrogens (primary N) is 1. The van der Waals surface area contributed by atoms with E-state index in [4.69, 9.17) is 10.8 Å². The van der Waals surface area contributed by atoms with Crippen LogP contribution in [0.15, 0.2) is 0 Å². The van der Waals surface area contributed by atoms with Crippen LogP contribution >= 0.6 is 0 Å². The Hall–Kier alpha value is -0.470. The van der Waals surface area contributed by atoms with Crippen molar-refractivity contribution in [1.82, 2.24) is 4.90 Å². The molecule has 0 heterocycles. The molecule has 0 saturated carbocycles. The summed E-state index contributed by atoms with van der Waals surface area (Å²) in [4.78, 5) is 0.857. The Morgan fingerprint density at radius 1 is 1.19 bits per heavy atom. The molecule has 16 heavy (non-hydrogen) atoms. The van der Waals surface area contributed by atoms with Crippen molar-refractivity contribution in [3.8, 4) is 0 Å². The molecule has 0 saturated heterocycles. The highest BCUT2D eigenvalue weighted by Gasteiger charge is 2.39. The van der Waals surface area contributed by atoms with Crippen LogP contribution in [0, 0.1) is 5.92 Å². The fourth-order valence-electron chi connectivity index (χ4n) is 1.22. The van der Waals surface area contributed by atoms with Gasteiger partial charge in [0, 0.05) is 19.6 Å². The third kappa shape index (κ3) is 6.19. The minimum atomic E-state index is -4.51. The Kier molecular flexibility index (Phi) is 6.77. The van der Waals surface area contributed by atoms with E-state index in [1.54, 1.807) is 0 Å². The van der Waals surface area contributed by atoms with Crippen LogP contribution in [0.5, 0.6) is 0 Å². The molecule has 3 nitrogen and oxygen atoms in total. The summed E-state index contributed by atoms with van der Waals surface area (Å²) < 4.78 is 61.0. The standard InChI is InChI=1S/C8H15F5N2O/c9-7(10)5-15(1-2-16)4-6(3-14)8(11,12)13/h6-7,16H,1-5,14H2. The number of aliphatic hydroxyl groups is 1. The van der Waals surface area contributed by atoms with Crippen molar-refractivity contribution >= 4 is 0 Å². The zero-order valence-electron chi connectivity index (χ0n) is 8.55. The lowest BCUT2D eigenvalue weighted by molar-refractivity contribution is -0.177. The van der Waals surface area contributed by atoms with E-state index in [9.17, 15) is 22.0 Å². The summed E-state index contributed by atoms with van der Waals surface area (Å²) in [6.45, 7) is -2.77. The Balaban J connectivity index is 4.34. The SMILES string of the molecule is NCC(CN(CCO)CC(F)F)C(F)(F)F. The topological polar surface area (TPSA) is 49.5 Å². The highest BCUT2D eigenvalue weighted by atomic mass is 19.4. The van der Waals surface area contributed by atoms with Gasteiger partial charge < -0.3 is 10.8 Å². The Morgan fingerprint density at radius 2 is 1.75 bits per heavy atom. The van der Waals surface area contributed by atoms with Crippen molar-refractivity contribution in [2.75, 3.05) is 32.8 Å². The molecule has 0 aromatic heterocycles. The Labute approximate surface area is 90.0 Å². The van der Waals surface area contributed by atoms with Gasteiger partial charge in [-0.1, -0.05) is 0 Å². The number of aliphatic hydroxyl groups excluding tert-OH is 1. The summed E-state index contributed by atoms with van der Waals surface area (Å²) in [7, 11) is 0. The number of nitrogens with zero attached hydrogens (tertiary/aromatic N) is 1. The van der Waals surface area contributed by atoms with Crippen LogP contribution in [0.1, 0.15) is 0 Å². The molecule has 0 aromatic carbocycles. The second-order valence-electron chi connectivity index (χ2n) is 3.35. The van der Waals surface area contributed by atoms with Crippen molar-refractivity contribution in [3.05, 3.63) is 0 Å². The van der Waals surface area contributed by atoms with E-state index in [0.29, 0.717) is 0 Å². The lowest BCUT2D eigenvalue weighted by Crippen LogP contribution is -2.43. The van der Waals surface area contributed by atoms with E-state index in [0.717, 1.165) is 4.90 Å². The van der Waals surface area contributed by atoms with Gasteiger partial charge >= 0.3 is 6.18 Å². The summed E-state index contributed by atoms with van der Waals surface area (Å²) in [5.74, 6) is -1.85. The first-order chi connectivity index (χ1) is 7.31. The Morgan fingerprint density at radius 3 is 2.06 bits per heavy atom. The first kappa shape index (κ1) is 15.5. The first-order valence-electron chi connectivity index (χ1n) is 4.69. The van der Waals surface area contributed by atoms with Crippen molar-refractivity contribution < 1.29 is 27.1 Å². The summed E-state index contributed by atoms with van der Waals surface area (Å²) in [5.41, 5.74) is 4.94. The van der Waals surface area contributed by atoms with Gasteiger partial charge in [-0.25, -0.2) is 8.78 Å². The van der Waals surface area contributed by atoms with Crippen molar-refractivity contribution in [2.45, 2.75) is 12.6 Å². The molecule has 1 unspecified atom stereocenters. The minimum absolute atomic E-state index is 0.225. The van der Waals surface area contributed by atoms with Crippen LogP contribution in [-0.2, 0) is 0 Å². The van der Waals surface area contributed by atoms with E-state index < -0.39 is 44.8 Å². The van der Waals surface area contributed by atoms with Crippen LogP contribution in [-0.4, -0.2) is 55.4 Å². The molecule has 0 fully saturated rings. The molecule has 98 valence electrons. The molecule has 3 N–H and O–H groups in total. The number of halogens is 5. The smallest absolute Gasteiger partial charge is 0.394 e. The van der Waals surface area contributed by atoms with Gasteiger partial charge in [0.1, 0.15) is 0 Å². The van der Waals surface area contributed by atoms with Crippen LogP contribution < -0.4 is 5.73 Å². The van der Waals surface area contributed by atoms with Crippen LogP contribution in [0.25, 0.3) is 0 Å². The average molecular weight is 250 g/mol. The minimum Gasteiger partial charge on any atom is -0.395 e. The van der Waals surface area contributed by atoms with E-state index in [1.807, 2.05) is 0 Å². The lowest BCUT2D eigenvalue weighted by Gasteiger charge is -2.27. The van der Waals surface area contributed by atoms with Crippen LogP contribution in [0.2, 0.25) is 0 Å². The van der Waals surface area contributed by atoms with Gasteiger partial charge in [-0.05, 0) is 0 Å².